The lowest BCUT2D eigenvalue weighted by molar-refractivity contribution is -0.385. The molecular formula is C21H20N4O6S. The third-order valence-corrected chi connectivity index (χ3v) is 5.76. The highest BCUT2D eigenvalue weighted by atomic mass is 32.2. The summed E-state index contributed by atoms with van der Waals surface area (Å²) in [5.41, 5.74) is 3.25. The Morgan fingerprint density at radius 2 is 1.72 bits per heavy atom. The molecule has 0 unspecified atom stereocenters. The summed E-state index contributed by atoms with van der Waals surface area (Å²) in [5, 5.41) is 15.3. The summed E-state index contributed by atoms with van der Waals surface area (Å²) in [6.45, 7) is 0. The Morgan fingerprint density at radius 3 is 2.38 bits per heavy atom. The molecule has 0 aliphatic heterocycles. The maximum Gasteiger partial charge on any atom is 0.270 e. The molecule has 3 aromatic carbocycles. The van der Waals surface area contributed by atoms with Crippen LogP contribution in [0.1, 0.15) is 5.56 Å². The largest absolute Gasteiger partial charge is 0.497 e. The summed E-state index contributed by atoms with van der Waals surface area (Å²) in [5.74, 6) is 1.13. The average Bonchev–Trinajstić information content (AvgIpc) is 2.79. The molecule has 0 saturated carbocycles. The van der Waals surface area contributed by atoms with Gasteiger partial charge in [-0.2, -0.15) is 5.10 Å². The van der Waals surface area contributed by atoms with Gasteiger partial charge in [-0.15, -0.1) is 0 Å². The molecule has 0 aromatic heterocycles. The summed E-state index contributed by atoms with van der Waals surface area (Å²) in [4.78, 5) is 10.2. The Kier molecular flexibility index (Phi) is 6.90. The molecule has 0 fully saturated rings. The lowest BCUT2D eigenvalue weighted by atomic mass is 10.2. The lowest BCUT2D eigenvalue weighted by Crippen LogP contribution is -2.15. The number of anilines is 2. The molecule has 0 atom stereocenters. The number of sulfonamides is 1. The zero-order valence-electron chi connectivity index (χ0n) is 17.2. The van der Waals surface area contributed by atoms with Gasteiger partial charge in [-0.25, -0.2) is 8.42 Å². The van der Waals surface area contributed by atoms with Gasteiger partial charge >= 0.3 is 0 Å². The van der Waals surface area contributed by atoms with Crippen molar-refractivity contribution >= 4 is 33.3 Å². The first-order chi connectivity index (χ1) is 15.3. The number of benzene rings is 3. The molecule has 10 nitrogen and oxygen atoms in total. The first-order valence-corrected chi connectivity index (χ1v) is 10.7. The Balaban J connectivity index is 1.93. The number of hydrogen-bond donors (Lipinski definition) is 2. The van der Waals surface area contributed by atoms with Crippen LogP contribution in [0.4, 0.5) is 17.1 Å². The van der Waals surface area contributed by atoms with E-state index >= 15 is 0 Å². The van der Waals surface area contributed by atoms with Crippen molar-refractivity contribution in [2.75, 3.05) is 24.4 Å². The quantitative estimate of drug-likeness (QED) is 0.284. The second-order valence-electron chi connectivity index (χ2n) is 6.38. The number of ether oxygens (including phenoxy) is 2. The van der Waals surface area contributed by atoms with Crippen molar-refractivity contribution in [2.24, 2.45) is 5.10 Å². The molecule has 0 radical (unpaired) electrons. The predicted molar refractivity (Wildman–Crippen MR) is 121 cm³/mol. The number of non-ortho nitro benzene ring substituents is 1. The summed E-state index contributed by atoms with van der Waals surface area (Å²) >= 11 is 0. The van der Waals surface area contributed by atoms with Gasteiger partial charge in [0.1, 0.15) is 16.4 Å². The molecular weight excluding hydrogens is 436 g/mol. The van der Waals surface area contributed by atoms with Crippen LogP contribution < -0.4 is 19.6 Å². The second kappa shape index (κ2) is 9.79. The zero-order valence-corrected chi connectivity index (χ0v) is 18.0. The van der Waals surface area contributed by atoms with Crippen molar-refractivity contribution in [2.45, 2.75) is 4.90 Å². The Hall–Kier alpha value is -4.12. The summed E-state index contributed by atoms with van der Waals surface area (Å²) < 4.78 is 38.7. The SMILES string of the molecule is COc1ccc(NS(=O)(=O)c2cc([N+](=O)[O-])ccc2NN=Cc2ccccc2OC)cc1. The molecule has 11 heteroatoms. The fraction of sp³-hybridized carbons (Fsp3) is 0.0952. The van der Waals surface area contributed by atoms with Crippen molar-refractivity contribution < 1.29 is 22.8 Å². The van der Waals surface area contributed by atoms with Gasteiger partial charge in [-0.05, 0) is 42.5 Å². The zero-order chi connectivity index (χ0) is 23.1. The van der Waals surface area contributed by atoms with E-state index in [4.69, 9.17) is 9.47 Å². The van der Waals surface area contributed by atoms with E-state index in [1.165, 1.54) is 44.7 Å². The molecule has 0 bridgehead atoms. The number of methoxy groups -OCH3 is 2. The van der Waals surface area contributed by atoms with Crippen molar-refractivity contribution in [3.8, 4) is 11.5 Å². The molecule has 0 saturated heterocycles. The van der Waals surface area contributed by atoms with Crippen LogP contribution >= 0.6 is 0 Å². The van der Waals surface area contributed by atoms with Crippen LogP contribution in [-0.2, 0) is 10.0 Å². The lowest BCUT2D eigenvalue weighted by Gasteiger charge is -2.12. The highest BCUT2D eigenvalue weighted by molar-refractivity contribution is 7.92. The Morgan fingerprint density at radius 1 is 1.00 bits per heavy atom. The van der Waals surface area contributed by atoms with Gasteiger partial charge in [-0.1, -0.05) is 12.1 Å². The number of nitro benzene ring substituents is 1. The van der Waals surface area contributed by atoms with Crippen LogP contribution in [0.2, 0.25) is 0 Å². The van der Waals surface area contributed by atoms with Crippen molar-refractivity contribution in [3.63, 3.8) is 0 Å². The van der Waals surface area contributed by atoms with E-state index in [-0.39, 0.29) is 22.0 Å². The molecule has 3 aromatic rings. The Bertz CT molecular complexity index is 1240. The van der Waals surface area contributed by atoms with E-state index in [1.54, 1.807) is 36.4 Å². The van der Waals surface area contributed by atoms with Crippen LogP contribution in [0, 0.1) is 10.1 Å². The fourth-order valence-electron chi connectivity index (χ4n) is 2.75. The number of para-hydroxylation sites is 1. The fourth-order valence-corrected chi connectivity index (χ4v) is 3.99. The number of hydrazone groups is 1. The van der Waals surface area contributed by atoms with E-state index in [2.05, 4.69) is 15.2 Å². The number of nitrogens with zero attached hydrogens (tertiary/aromatic N) is 2. The molecule has 0 spiro atoms. The van der Waals surface area contributed by atoms with Gasteiger partial charge in [0.2, 0.25) is 0 Å². The van der Waals surface area contributed by atoms with E-state index in [9.17, 15) is 18.5 Å². The summed E-state index contributed by atoms with van der Waals surface area (Å²) in [7, 11) is -1.17. The van der Waals surface area contributed by atoms with Crippen molar-refractivity contribution in [1.29, 1.82) is 0 Å². The van der Waals surface area contributed by atoms with Crippen molar-refractivity contribution in [1.82, 2.24) is 0 Å². The monoisotopic (exact) mass is 456 g/mol. The minimum Gasteiger partial charge on any atom is -0.497 e. The highest BCUT2D eigenvalue weighted by Gasteiger charge is 2.22. The highest BCUT2D eigenvalue weighted by Crippen LogP contribution is 2.29. The molecule has 0 heterocycles. The van der Waals surface area contributed by atoms with Gasteiger partial charge in [-0.3, -0.25) is 20.3 Å². The second-order valence-corrected chi connectivity index (χ2v) is 8.03. The van der Waals surface area contributed by atoms with E-state index in [1.807, 2.05) is 0 Å². The molecule has 0 aliphatic rings. The van der Waals surface area contributed by atoms with E-state index in [0.29, 0.717) is 17.1 Å². The normalized spacial score (nSPS) is 11.2. The van der Waals surface area contributed by atoms with E-state index < -0.39 is 14.9 Å². The molecule has 32 heavy (non-hydrogen) atoms. The third-order valence-electron chi connectivity index (χ3n) is 4.34. The molecule has 3 rings (SSSR count). The predicted octanol–water partition coefficient (Wildman–Crippen LogP) is 3.86. The maximum atomic E-state index is 13.0. The van der Waals surface area contributed by atoms with Gasteiger partial charge in [0.15, 0.2) is 0 Å². The van der Waals surface area contributed by atoms with Crippen LogP contribution in [0.25, 0.3) is 0 Å². The van der Waals surface area contributed by atoms with Gasteiger partial charge < -0.3 is 9.47 Å². The first kappa shape index (κ1) is 22.6. The van der Waals surface area contributed by atoms with Crippen molar-refractivity contribution in [3.05, 3.63) is 82.4 Å². The van der Waals surface area contributed by atoms with Crippen LogP contribution in [0.5, 0.6) is 11.5 Å². The number of rotatable bonds is 9. The third kappa shape index (κ3) is 5.32. The number of nitrogens with one attached hydrogen (secondary N) is 2. The summed E-state index contributed by atoms with van der Waals surface area (Å²) in [6.07, 6.45) is 1.45. The molecule has 0 aliphatic carbocycles. The van der Waals surface area contributed by atoms with E-state index in [0.717, 1.165) is 6.07 Å². The Labute approximate surface area is 184 Å². The standard InChI is InChI=1S/C21H20N4O6S/c1-30-18-10-7-16(8-11-18)24-32(28,29)21-13-17(25(26)27)9-12-19(21)23-22-14-15-5-3-4-6-20(15)31-2/h3-14,23-24H,1-2H3. The van der Waals surface area contributed by atoms with Gasteiger partial charge in [0, 0.05) is 23.4 Å². The van der Waals surface area contributed by atoms with Crippen LogP contribution in [0.15, 0.2) is 76.7 Å². The minimum absolute atomic E-state index is 0.0581. The maximum absolute atomic E-state index is 13.0. The summed E-state index contributed by atoms with van der Waals surface area (Å²) in [6, 6.07) is 16.7. The number of nitro groups is 1. The smallest absolute Gasteiger partial charge is 0.270 e. The van der Waals surface area contributed by atoms with Crippen LogP contribution in [-0.4, -0.2) is 33.8 Å². The molecule has 2 N–H and O–H groups in total. The average molecular weight is 456 g/mol. The first-order valence-electron chi connectivity index (χ1n) is 9.21. The molecule has 0 amide bonds. The van der Waals surface area contributed by atoms with Gasteiger partial charge in [0.05, 0.1) is 31.0 Å². The van der Waals surface area contributed by atoms with Gasteiger partial charge in [0.25, 0.3) is 15.7 Å². The number of hydrogen-bond acceptors (Lipinski definition) is 8. The minimum atomic E-state index is -4.18. The topological polar surface area (TPSA) is 132 Å². The molecule has 166 valence electrons. The van der Waals surface area contributed by atoms with Crippen LogP contribution in [0.3, 0.4) is 0 Å².